The van der Waals surface area contributed by atoms with Crippen molar-refractivity contribution in [1.29, 1.82) is 0 Å². The van der Waals surface area contributed by atoms with Crippen LogP contribution in [0.25, 0.3) is 11.1 Å². The number of nitrogens with zero attached hydrogens (tertiary/aromatic N) is 2. The molecule has 0 aliphatic rings. The summed E-state index contributed by atoms with van der Waals surface area (Å²) >= 11 is 1.55. The summed E-state index contributed by atoms with van der Waals surface area (Å²) in [5.41, 5.74) is 3.52. The molecule has 0 saturated carbocycles. The number of rotatable bonds is 6. The van der Waals surface area contributed by atoms with Crippen molar-refractivity contribution in [2.45, 2.75) is 13.5 Å². The average molecular weight is 379 g/mol. The molecule has 0 aliphatic heterocycles. The molecule has 2 amide bonds. The van der Waals surface area contributed by atoms with Crippen molar-refractivity contribution < 1.29 is 9.59 Å². The summed E-state index contributed by atoms with van der Waals surface area (Å²) in [5.74, 6) is -0.421. The van der Waals surface area contributed by atoms with Crippen LogP contribution in [0.4, 0.5) is 0 Å². The van der Waals surface area contributed by atoms with Crippen LogP contribution < -0.4 is 5.32 Å². The third kappa shape index (κ3) is 5.01. The van der Waals surface area contributed by atoms with Crippen LogP contribution in [0, 0.1) is 6.92 Å². The number of nitrogens with one attached hydrogen (secondary N) is 1. The number of amides is 2. The molecule has 0 bridgehead atoms. The van der Waals surface area contributed by atoms with Crippen LogP contribution in [-0.4, -0.2) is 35.3 Å². The van der Waals surface area contributed by atoms with Crippen LogP contribution in [0.1, 0.15) is 21.1 Å². The van der Waals surface area contributed by atoms with E-state index in [0.29, 0.717) is 12.1 Å². The number of carbonyl (C=O) groups is 2. The highest BCUT2D eigenvalue weighted by Gasteiger charge is 2.13. The Kier molecular flexibility index (Phi) is 5.98. The van der Waals surface area contributed by atoms with E-state index in [2.05, 4.69) is 10.3 Å². The van der Waals surface area contributed by atoms with E-state index < -0.39 is 0 Å². The minimum atomic E-state index is -0.263. The van der Waals surface area contributed by atoms with E-state index in [9.17, 15) is 9.59 Å². The first-order chi connectivity index (χ1) is 13.0. The molecule has 5 nitrogen and oxygen atoms in total. The van der Waals surface area contributed by atoms with Crippen molar-refractivity contribution in [3.63, 3.8) is 0 Å². The zero-order chi connectivity index (χ0) is 19.2. The zero-order valence-electron chi connectivity index (χ0n) is 15.3. The predicted octanol–water partition coefficient (Wildman–Crippen LogP) is 3.51. The number of hydrogen-bond donors (Lipinski definition) is 1. The summed E-state index contributed by atoms with van der Waals surface area (Å²) < 4.78 is 0. The minimum Gasteiger partial charge on any atom is -0.343 e. The number of likely N-dealkylation sites (N-methyl/N-ethyl adjacent to an activating group) is 1. The SMILES string of the molecule is Cc1nc(CN(C)C(=O)CNC(=O)c2ccc(-c3ccccc3)cc2)cs1. The van der Waals surface area contributed by atoms with Gasteiger partial charge in [-0.2, -0.15) is 0 Å². The lowest BCUT2D eigenvalue weighted by atomic mass is 10.0. The number of aromatic nitrogens is 1. The zero-order valence-corrected chi connectivity index (χ0v) is 16.1. The molecule has 0 atom stereocenters. The Morgan fingerprint density at radius 1 is 1.04 bits per heavy atom. The van der Waals surface area contributed by atoms with Gasteiger partial charge >= 0.3 is 0 Å². The first-order valence-electron chi connectivity index (χ1n) is 8.61. The van der Waals surface area contributed by atoms with E-state index in [-0.39, 0.29) is 18.4 Å². The number of hydrogen-bond acceptors (Lipinski definition) is 4. The quantitative estimate of drug-likeness (QED) is 0.713. The number of aryl methyl sites for hydroxylation is 1. The Balaban J connectivity index is 1.53. The number of thiazole rings is 1. The molecule has 0 saturated heterocycles. The third-order valence-corrected chi connectivity index (χ3v) is 4.97. The van der Waals surface area contributed by atoms with Crippen molar-refractivity contribution >= 4 is 23.2 Å². The monoisotopic (exact) mass is 379 g/mol. The summed E-state index contributed by atoms with van der Waals surface area (Å²) in [6.45, 7) is 2.32. The van der Waals surface area contributed by atoms with Crippen LogP contribution in [0.2, 0.25) is 0 Å². The van der Waals surface area contributed by atoms with Gasteiger partial charge in [-0.3, -0.25) is 9.59 Å². The normalized spacial score (nSPS) is 10.4. The Hall–Kier alpha value is -2.99. The van der Waals surface area contributed by atoms with Gasteiger partial charge in [0.2, 0.25) is 5.91 Å². The molecule has 3 aromatic rings. The van der Waals surface area contributed by atoms with Gasteiger partial charge in [-0.15, -0.1) is 11.3 Å². The molecule has 138 valence electrons. The molecule has 0 radical (unpaired) electrons. The van der Waals surface area contributed by atoms with Gasteiger partial charge in [0.05, 0.1) is 23.8 Å². The molecule has 1 heterocycles. The summed E-state index contributed by atoms with van der Waals surface area (Å²) in [6.07, 6.45) is 0. The lowest BCUT2D eigenvalue weighted by Crippen LogP contribution is -2.37. The van der Waals surface area contributed by atoms with E-state index in [1.165, 1.54) is 0 Å². The van der Waals surface area contributed by atoms with Crippen LogP contribution in [0.15, 0.2) is 60.0 Å². The molecule has 27 heavy (non-hydrogen) atoms. The Morgan fingerprint density at radius 3 is 2.33 bits per heavy atom. The maximum atomic E-state index is 12.3. The molecule has 0 aliphatic carbocycles. The van der Waals surface area contributed by atoms with Crippen LogP contribution >= 0.6 is 11.3 Å². The van der Waals surface area contributed by atoms with Gasteiger partial charge in [-0.25, -0.2) is 4.98 Å². The van der Waals surface area contributed by atoms with Gasteiger partial charge in [-0.1, -0.05) is 42.5 Å². The largest absolute Gasteiger partial charge is 0.343 e. The van der Waals surface area contributed by atoms with Crippen molar-refractivity contribution in [3.8, 4) is 11.1 Å². The molecule has 0 unspecified atom stereocenters. The van der Waals surface area contributed by atoms with Crippen LogP contribution in [0.3, 0.4) is 0 Å². The highest BCUT2D eigenvalue weighted by Crippen LogP contribution is 2.19. The predicted molar refractivity (Wildman–Crippen MR) is 108 cm³/mol. The fourth-order valence-corrected chi connectivity index (χ4v) is 3.25. The van der Waals surface area contributed by atoms with Gasteiger partial charge in [0, 0.05) is 18.0 Å². The molecule has 3 rings (SSSR count). The van der Waals surface area contributed by atoms with Crippen molar-refractivity contribution in [3.05, 3.63) is 76.2 Å². The number of benzene rings is 2. The highest BCUT2D eigenvalue weighted by molar-refractivity contribution is 7.09. The topological polar surface area (TPSA) is 62.3 Å². The van der Waals surface area contributed by atoms with Crippen molar-refractivity contribution in [2.75, 3.05) is 13.6 Å². The van der Waals surface area contributed by atoms with Gasteiger partial charge in [0.1, 0.15) is 0 Å². The fourth-order valence-electron chi connectivity index (χ4n) is 2.65. The Bertz CT molecular complexity index is 920. The number of carbonyl (C=O) groups excluding carboxylic acids is 2. The third-order valence-electron chi connectivity index (χ3n) is 4.15. The van der Waals surface area contributed by atoms with Gasteiger partial charge in [0.15, 0.2) is 0 Å². The molecule has 1 aromatic heterocycles. The maximum Gasteiger partial charge on any atom is 0.251 e. The molecular formula is C21H21N3O2S. The van der Waals surface area contributed by atoms with Gasteiger partial charge < -0.3 is 10.2 Å². The van der Waals surface area contributed by atoms with E-state index in [0.717, 1.165) is 21.8 Å². The van der Waals surface area contributed by atoms with Crippen LogP contribution in [0.5, 0.6) is 0 Å². The average Bonchev–Trinajstić information content (AvgIpc) is 3.11. The smallest absolute Gasteiger partial charge is 0.251 e. The molecule has 0 fully saturated rings. The maximum absolute atomic E-state index is 12.3. The standard InChI is InChI=1S/C21H21N3O2S/c1-15-23-19(14-27-15)13-24(2)20(25)12-22-21(26)18-10-8-17(9-11-18)16-6-4-3-5-7-16/h3-11,14H,12-13H2,1-2H3,(H,22,26). The lowest BCUT2D eigenvalue weighted by Gasteiger charge is -2.16. The molecule has 2 aromatic carbocycles. The summed E-state index contributed by atoms with van der Waals surface area (Å²) in [5, 5.41) is 5.59. The Morgan fingerprint density at radius 2 is 1.70 bits per heavy atom. The van der Waals surface area contributed by atoms with E-state index in [4.69, 9.17) is 0 Å². The summed E-state index contributed by atoms with van der Waals surface area (Å²) in [7, 11) is 1.71. The van der Waals surface area contributed by atoms with E-state index in [1.54, 1.807) is 35.4 Å². The summed E-state index contributed by atoms with van der Waals surface area (Å²) in [4.78, 5) is 30.4. The van der Waals surface area contributed by atoms with E-state index in [1.807, 2.05) is 54.8 Å². The fraction of sp³-hybridized carbons (Fsp3) is 0.190. The van der Waals surface area contributed by atoms with Crippen molar-refractivity contribution in [1.82, 2.24) is 15.2 Å². The second-order valence-electron chi connectivity index (χ2n) is 6.23. The molecule has 1 N–H and O–H groups in total. The first-order valence-corrected chi connectivity index (χ1v) is 9.49. The first kappa shape index (κ1) is 18.8. The molecule has 0 spiro atoms. The van der Waals surface area contributed by atoms with Crippen molar-refractivity contribution in [2.24, 2.45) is 0 Å². The second-order valence-corrected chi connectivity index (χ2v) is 7.30. The van der Waals surface area contributed by atoms with Crippen LogP contribution in [-0.2, 0) is 11.3 Å². The van der Waals surface area contributed by atoms with E-state index >= 15 is 0 Å². The van der Waals surface area contributed by atoms with Gasteiger partial charge in [-0.05, 0) is 30.2 Å². The second kappa shape index (κ2) is 8.60. The Labute approximate surface area is 162 Å². The highest BCUT2D eigenvalue weighted by atomic mass is 32.1. The van der Waals surface area contributed by atoms with Gasteiger partial charge in [0.25, 0.3) is 5.91 Å². The molecular weight excluding hydrogens is 358 g/mol. The lowest BCUT2D eigenvalue weighted by molar-refractivity contribution is -0.129. The molecule has 6 heteroatoms. The summed E-state index contributed by atoms with van der Waals surface area (Å²) in [6, 6.07) is 17.3. The minimum absolute atomic E-state index is 0.0428.